The van der Waals surface area contributed by atoms with Crippen LogP contribution in [0.2, 0.25) is 0 Å². The van der Waals surface area contributed by atoms with Gasteiger partial charge in [0.1, 0.15) is 5.01 Å². The maximum absolute atomic E-state index is 12.4. The van der Waals surface area contributed by atoms with Crippen LogP contribution in [0.15, 0.2) is 48.5 Å². The third kappa shape index (κ3) is 4.37. The van der Waals surface area contributed by atoms with Crippen LogP contribution in [0.25, 0.3) is 0 Å². The Morgan fingerprint density at radius 2 is 1.77 bits per heavy atom. The summed E-state index contributed by atoms with van der Waals surface area (Å²) in [6, 6.07) is 15.2. The van der Waals surface area contributed by atoms with Gasteiger partial charge in [0.2, 0.25) is 5.13 Å². The molecule has 1 heterocycles. The van der Waals surface area contributed by atoms with Crippen molar-refractivity contribution in [3.8, 4) is 11.5 Å². The number of nitrogens with zero attached hydrogens (tertiary/aromatic N) is 2. The van der Waals surface area contributed by atoms with Crippen molar-refractivity contribution >= 4 is 22.4 Å². The molecule has 3 aromatic rings. The van der Waals surface area contributed by atoms with Crippen LogP contribution in [0.1, 0.15) is 20.9 Å². The number of carbonyl (C=O) groups is 1. The Kier molecular flexibility index (Phi) is 5.80. The molecular weight excluding hydrogens is 350 g/mol. The Hall–Kier alpha value is -2.93. The summed E-state index contributed by atoms with van der Waals surface area (Å²) < 4.78 is 10.4. The van der Waals surface area contributed by atoms with Crippen molar-refractivity contribution in [2.24, 2.45) is 0 Å². The molecule has 2 aromatic carbocycles. The molecule has 0 spiro atoms. The average molecular weight is 369 g/mol. The second-order valence-electron chi connectivity index (χ2n) is 5.51. The number of amides is 1. The summed E-state index contributed by atoms with van der Waals surface area (Å²) in [4.78, 5) is 12.4. The maximum Gasteiger partial charge on any atom is 0.257 e. The predicted molar refractivity (Wildman–Crippen MR) is 101 cm³/mol. The van der Waals surface area contributed by atoms with Crippen LogP contribution in [0.5, 0.6) is 11.5 Å². The molecule has 0 unspecified atom stereocenters. The summed E-state index contributed by atoms with van der Waals surface area (Å²) in [5, 5.41) is 12.3. The van der Waals surface area contributed by atoms with Gasteiger partial charge in [0.05, 0.1) is 14.2 Å². The van der Waals surface area contributed by atoms with Crippen molar-refractivity contribution in [2.75, 3.05) is 19.5 Å². The first-order valence-corrected chi connectivity index (χ1v) is 8.91. The van der Waals surface area contributed by atoms with Crippen LogP contribution >= 0.6 is 11.3 Å². The molecule has 0 radical (unpaired) electrons. The first kappa shape index (κ1) is 17.9. The largest absolute Gasteiger partial charge is 0.493 e. The topological polar surface area (TPSA) is 73.3 Å². The third-order valence-electron chi connectivity index (χ3n) is 3.80. The minimum atomic E-state index is -0.267. The zero-order valence-corrected chi connectivity index (χ0v) is 15.4. The van der Waals surface area contributed by atoms with E-state index < -0.39 is 0 Å². The van der Waals surface area contributed by atoms with Gasteiger partial charge < -0.3 is 9.47 Å². The summed E-state index contributed by atoms with van der Waals surface area (Å²) in [5.41, 5.74) is 1.71. The summed E-state index contributed by atoms with van der Waals surface area (Å²) >= 11 is 1.38. The third-order valence-corrected chi connectivity index (χ3v) is 4.70. The van der Waals surface area contributed by atoms with Crippen LogP contribution in [-0.2, 0) is 12.8 Å². The van der Waals surface area contributed by atoms with Crippen LogP contribution in [0, 0.1) is 0 Å². The fraction of sp³-hybridized carbons (Fsp3) is 0.211. The molecule has 1 N–H and O–H groups in total. The molecule has 3 rings (SSSR count). The molecule has 7 heteroatoms. The Morgan fingerprint density at radius 3 is 2.50 bits per heavy atom. The predicted octanol–water partition coefficient (Wildman–Crippen LogP) is 3.59. The van der Waals surface area contributed by atoms with Gasteiger partial charge in [0, 0.05) is 12.0 Å². The zero-order valence-electron chi connectivity index (χ0n) is 14.6. The molecule has 0 aliphatic carbocycles. The monoisotopic (exact) mass is 369 g/mol. The Morgan fingerprint density at radius 1 is 1.00 bits per heavy atom. The number of benzene rings is 2. The van der Waals surface area contributed by atoms with E-state index >= 15 is 0 Å². The standard InChI is InChI=1S/C19H19N3O3S/c1-24-15-10-9-14(12-16(15)25-2)18(23)20-19-22-21-17(26-19)11-8-13-6-4-3-5-7-13/h3-7,9-10,12H,8,11H2,1-2H3,(H,20,22,23). The molecule has 0 aliphatic heterocycles. The van der Waals surface area contributed by atoms with E-state index in [1.54, 1.807) is 25.3 Å². The molecule has 1 aromatic heterocycles. The molecular formula is C19H19N3O3S. The molecule has 0 aliphatic rings. The first-order chi connectivity index (χ1) is 12.7. The molecule has 0 fully saturated rings. The van der Waals surface area contributed by atoms with Gasteiger partial charge in [-0.15, -0.1) is 10.2 Å². The fourth-order valence-electron chi connectivity index (χ4n) is 2.45. The lowest BCUT2D eigenvalue weighted by Gasteiger charge is -2.08. The number of nitrogens with one attached hydrogen (secondary N) is 1. The highest BCUT2D eigenvalue weighted by Gasteiger charge is 2.13. The van der Waals surface area contributed by atoms with Crippen molar-refractivity contribution in [2.45, 2.75) is 12.8 Å². The lowest BCUT2D eigenvalue weighted by Crippen LogP contribution is -2.12. The van der Waals surface area contributed by atoms with E-state index in [-0.39, 0.29) is 5.91 Å². The zero-order chi connectivity index (χ0) is 18.4. The smallest absolute Gasteiger partial charge is 0.257 e. The molecule has 0 saturated carbocycles. The molecule has 6 nitrogen and oxygen atoms in total. The number of ether oxygens (including phenoxy) is 2. The van der Waals surface area contributed by atoms with E-state index in [4.69, 9.17) is 9.47 Å². The number of anilines is 1. The van der Waals surface area contributed by atoms with Gasteiger partial charge in [0.25, 0.3) is 5.91 Å². The van der Waals surface area contributed by atoms with Gasteiger partial charge in [-0.05, 0) is 30.2 Å². The van der Waals surface area contributed by atoms with Gasteiger partial charge in [-0.3, -0.25) is 10.1 Å². The quantitative estimate of drug-likeness (QED) is 0.689. The first-order valence-electron chi connectivity index (χ1n) is 8.09. The lowest BCUT2D eigenvalue weighted by molar-refractivity contribution is 0.102. The molecule has 0 bridgehead atoms. The molecule has 0 atom stereocenters. The van der Waals surface area contributed by atoms with Gasteiger partial charge in [-0.25, -0.2) is 0 Å². The molecule has 26 heavy (non-hydrogen) atoms. The summed E-state index contributed by atoms with van der Waals surface area (Å²) in [5.74, 6) is 0.806. The van der Waals surface area contributed by atoms with Gasteiger partial charge in [-0.2, -0.15) is 0 Å². The maximum atomic E-state index is 12.4. The number of hydrogen-bond donors (Lipinski definition) is 1. The minimum Gasteiger partial charge on any atom is -0.493 e. The molecule has 0 saturated heterocycles. The Balaban J connectivity index is 1.62. The van der Waals surface area contributed by atoms with Crippen LogP contribution in [-0.4, -0.2) is 30.3 Å². The summed E-state index contributed by atoms with van der Waals surface area (Å²) in [6.07, 6.45) is 1.67. The normalized spacial score (nSPS) is 10.4. The highest BCUT2D eigenvalue weighted by molar-refractivity contribution is 7.15. The van der Waals surface area contributed by atoms with Crippen molar-refractivity contribution in [1.29, 1.82) is 0 Å². The molecule has 1 amide bonds. The van der Waals surface area contributed by atoms with Crippen LogP contribution < -0.4 is 14.8 Å². The highest BCUT2D eigenvalue weighted by atomic mass is 32.1. The number of rotatable bonds is 7. The van der Waals surface area contributed by atoms with E-state index in [0.717, 1.165) is 17.8 Å². The second kappa shape index (κ2) is 8.44. The summed E-state index contributed by atoms with van der Waals surface area (Å²) in [6.45, 7) is 0. The SMILES string of the molecule is COc1ccc(C(=O)Nc2nnc(CCc3ccccc3)s2)cc1OC. The number of aryl methyl sites for hydroxylation is 2. The summed E-state index contributed by atoms with van der Waals surface area (Å²) in [7, 11) is 3.08. The van der Waals surface area contributed by atoms with Gasteiger partial charge in [-0.1, -0.05) is 41.7 Å². The van der Waals surface area contributed by atoms with Gasteiger partial charge >= 0.3 is 0 Å². The van der Waals surface area contributed by atoms with Gasteiger partial charge in [0.15, 0.2) is 11.5 Å². The van der Waals surface area contributed by atoms with Crippen molar-refractivity contribution in [1.82, 2.24) is 10.2 Å². The number of hydrogen-bond acceptors (Lipinski definition) is 6. The van der Waals surface area contributed by atoms with E-state index in [0.29, 0.717) is 22.2 Å². The lowest BCUT2D eigenvalue weighted by atomic mass is 10.1. The second-order valence-corrected chi connectivity index (χ2v) is 6.57. The van der Waals surface area contributed by atoms with Crippen LogP contribution in [0.4, 0.5) is 5.13 Å². The number of methoxy groups -OCH3 is 2. The van der Waals surface area contributed by atoms with E-state index in [9.17, 15) is 4.79 Å². The highest BCUT2D eigenvalue weighted by Crippen LogP contribution is 2.28. The number of carbonyl (C=O) groups excluding carboxylic acids is 1. The number of aromatic nitrogens is 2. The molecule has 134 valence electrons. The van der Waals surface area contributed by atoms with Crippen LogP contribution in [0.3, 0.4) is 0 Å². The van der Waals surface area contributed by atoms with Crippen molar-refractivity contribution in [3.05, 3.63) is 64.7 Å². The van der Waals surface area contributed by atoms with Crippen molar-refractivity contribution < 1.29 is 14.3 Å². The van der Waals surface area contributed by atoms with Crippen molar-refractivity contribution in [3.63, 3.8) is 0 Å². The van der Waals surface area contributed by atoms with E-state index in [1.165, 1.54) is 24.0 Å². The van der Waals surface area contributed by atoms with E-state index in [1.807, 2.05) is 18.2 Å². The average Bonchev–Trinajstić information content (AvgIpc) is 3.13. The van der Waals surface area contributed by atoms with E-state index in [2.05, 4.69) is 27.6 Å². The minimum absolute atomic E-state index is 0.267. The fourth-order valence-corrected chi connectivity index (χ4v) is 3.18. The Bertz CT molecular complexity index is 881. The Labute approximate surface area is 155 Å².